The molecule has 2 rings (SSSR count). The Kier molecular flexibility index (Phi) is 2.11. The molecule has 0 aliphatic carbocycles. The van der Waals surface area contributed by atoms with Crippen LogP contribution in [0.3, 0.4) is 0 Å². The van der Waals surface area contributed by atoms with E-state index in [4.69, 9.17) is 17.3 Å². The predicted octanol–water partition coefficient (Wildman–Crippen LogP) is 0.833. The number of β-lactam (4-membered cyclic amide) rings is 1. The number of thiocarbonyl (C=S) groups is 1. The van der Waals surface area contributed by atoms with E-state index in [0.717, 1.165) is 0 Å². The number of nitrogens with zero attached hydrogens (tertiary/aromatic N) is 1. The Morgan fingerprint density at radius 1 is 1.71 bits per heavy atom. The lowest BCUT2D eigenvalue weighted by Crippen LogP contribution is -2.57. The van der Waals surface area contributed by atoms with Crippen LogP contribution in [-0.2, 0) is 9.59 Å². The average Bonchev–Trinajstić information content (AvgIpc) is 2.40. The number of aliphatic carboxylic acids is 1. The van der Waals surface area contributed by atoms with Crippen molar-refractivity contribution in [2.75, 3.05) is 0 Å². The maximum absolute atomic E-state index is 11.5. The van der Waals surface area contributed by atoms with Gasteiger partial charge in [-0.15, -0.1) is 11.8 Å². The van der Waals surface area contributed by atoms with E-state index >= 15 is 0 Å². The number of carboxylic acids is 1. The molecule has 0 spiro atoms. The Morgan fingerprint density at radius 3 is 2.86 bits per heavy atom. The summed E-state index contributed by atoms with van der Waals surface area (Å²) in [7, 11) is 0. The summed E-state index contributed by atoms with van der Waals surface area (Å²) >= 11 is 6.11. The molecule has 2 aliphatic heterocycles. The normalized spacial score (nSPS) is 30.1. The van der Waals surface area contributed by atoms with Gasteiger partial charge in [-0.25, -0.2) is 4.79 Å². The Morgan fingerprint density at radius 2 is 2.36 bits per heavy atom. The summed E-state index contributed by atoms with van der Waals surface area (Å²) in [5.41, 5.74) is 0.109. The highest BCUT2D eigenvalue weighted by Crippen LogP contribution is 2.48. The van der Waals surface area contributed by atoms with Crippen LogP contribution in [0.15, 0.2) is 10.6 Å². The number of thioether (sulfide) groups is 1. The van der Waals surface area contributed by atoms with Crippen molar-refractivity contribution in [3.8, 4) is 0 Å². The van der Waals surface area contributed by atoms with E-state index in [1.165, 1.54) is 22.0 Å². The minimum Gasteiger partial charge on any atom is -0.477 e. The van der Waals surface area contributed by atoms with Gasteiger partial charge in [0.2, 0.25) is 5.91 Å². The van der Waals surface area contributed by atoms with Gasteiger partial charge in [-0.1, -0.05) is 12.2 Å². The van der Waals surface area contributed by atoms with Crippen LogP contribution in [0.25, 0.3) is 0 Å². The fraction of sp³-hybridized carbons (Fsp3) is 0.375. The lowest BCUT2D eigenvalue weighted by Gasteiger charge is -2.40. The summed E-state index contributed by atoms with van der Waals surface area (Å²) in [6, 6.07) is 0. The maximum Gasteiger partial charge on any atom is 0.353 e. The molecule has 0 saturated carbocycles. The van der Waals surface area contributed by atoms with Crippen LogP contribution in [0.5, 0.6) is 0 Å². The third-order valence-corrected chi connectivity index (χ3v) is 3.89. The zero-order valence-corrected chi connectivity index (χ0v) is 8.89. The first-order valence-corrected chi connectivity index (χ1v) is 5.32. The van der Waals surface area contributed by atoms with Crippen LogP contribution in [0.4, 0.5) is 0 Å². The highest BCUT2D eigenvalue weighted by molar-refractivity contribution is 8.04. The van der Waals surface area contributed by atoms with E-state index in [0.29, 0.717) is 4.91 Å². The molecule has 6 heteroatoms. The van der Waals surface area contributed by atoms with Gasteiger partial charge < -0.3 is 5.11 Å². The molecule has 2 aliphatic rings. The molecule has 1 amide bonds. The molecule has 14 heavy (non-hydrogen) atoms. The fourth-order valence-corrected chi connectivity index (χ4v) is 3.32. The van der Waals surface area contributed by atoms with E-state index in [2.05, 4.69) is 0 Å². The molecule has 1 saturated heterocycles. The second-order valence-electron chi connectivity index (χ2n) is 3.09. The van der Waals surface area contributed by atoms with Gasteiger partial charge in [0, 0.05) is 4.91 Å². The number of carboxylic acid groups (broad SMARTS) is 1. The summed E-state index contributed by atoms with van der Waals surface area (Å²) in [6.07, 6.45) is 0. The molecule has 4 nitrogen and oxygen atoms in total. The minimum absolute atomic E-state index is 0.109. The van der Waals surface area contributed by atoms with E-state index in [9.17, 15) is 9.59 Å². The van der Waals surface area contributed by atoms with Crippen LogP contribution in [-0.4, -0.2) is 32.6 Å². The zero-order valence-electron chi connectivity index (χ0n) is 7.26. The van der Waals surface area contributed by atoms with Crippen molar-refractivity contribution >= 4 is 41.2 Å². The Labute approximate surface area is 90.0 Å². The molecule has 2 heterocycles. The van der Waals surface area contributed by atoms with E-state index in [-0.39, 0.29) is 22.9 Å². The molecule has 0 aromatic carbocycles. The smallest absolute Gasteiger partial charge is 0.353 e. The van der Waals surface area contributed by atoms with Crippen molar-refractivity contribution < 1.29 is 14.7 Å². The van der Waals surface area contributed by atoms with Gasteiger partial charge in [0.1, 0.15) is 11.1 Å². The van der Waals surface area contributed by atoms with Crippen molar-refractivity contribution in [1.82, 2.24) is 4.90 Å². The lowest BCUT2D eigenvalue weighted by atomic mass is 10.00. The highest BCUT2D eigenvalue weighted by Gasteiger charge is 2.54. The third kappa shape index (κ3) is 1.04. The quantitative estimate of drug-likeness (QED) is 0.561. The van der Waals surface area contributed by atoms with Gasteiger partial charge in [0.25, 0.3) is 0 Å². The summed E-state index contributed by atoms with van der Waals surface area (Å²) < 4.78 is 0. The number of hydrogen-bond donors (Lipinski definition) is 1. The van der Waals surface area contributed by atoms with Crippen molar-refractivity contribution in [3.63, 3.8) is 0 Å². The zero-order chi connectivity index (χ0) is 10.5. The van der Waals surface area contributed by atoms with E-state index in [1.807, 2.05) is 0 Å². The molecule has 0 aromatic heterocycles. The van der Waals surface area contributed by atoms with Crippen LogP contribution in [0.2, 0.25) is 0 Å². The van der Waals surface area contributed by atoms with Gasteiger partial charge >= 0.3 is 5.97 Å². The summed E-state index contributed by atoms with van der Waals surface area (Å²) in [5.74, 6) is -1.55. The van der Waals surface area contributed by atoms with Gasteiger partial charge in [0.05, 0.1) is 5.92 Å². The highest BCUT2D eigenvalue weighted by atomic mass is 32.2. The molecular formula is C8H7NO3S2. The van der Waals surface area contributed by atoms with E-state index < -0.39 is 5.97 Å². The molecule has 1 N–H and O–H groups in total. The molecule has 1 unspecified atom stereocenters. The van der Waals surface area contributed by atoms with Crippen LogP contribution < -0.4 is 0 Å². The van der Waals surface area contributed by atoms with Crippen molar-refractivity contribution in [2.24, 2.45) is 5.92 Å². The molecule has 2 atom stereocenters. The number of amides is 1. The lowest BCUT2D eigenvalue weighted by molar-refractivity contribution is -0.148. The van der Waals surface area contributed by atoms with Gasteiger partial charge in [-0.05, 0) is 12.3 Å². The van der Waals surface area contributed by atoms with Crippen LogP contribution in [0, 0.1) is 5.92 Å². The van der Waals surface area contributed by atoms with Gasteiger partial charge in [0.15, 0.2) is 0 Å². The largest absolute Gasteiger partial charge is 0.477 e. The minimum atomic E-state index is -1.05. The number of fused-ring (bicyclic) bond motifs is 1. The number of rotatable bonds is 2. The number of carbonyl (C=O) groups is 2. The molecule has 74 valence electrons. The number of carbonyl (C=O) groups excluding carboxylic acids is 1. The first-order chi connectivity index (χ1) is 6.57. The Balaban J connectivity index is 2.32. The van der Waals surface area contributed by atoms with Crippen molar-refractivity contribution in [3.05, 3.63) is 10.6 Å². The fourth-order valence-electron chi connectivity index (χ4n) is 1.64. The Hall–Kier alpha value is -0.880. The first-order valence-electron chi connectivity index (χ1n) is 3.97. The number of hydrogen-bond acceptors (Lipinski definition) is 4. The molecular weight excluding hydrogens is 222 g/mol. The standard InChI is InChI=1S/C8H7NO3S2/c1-3-5(8(11)12)9-6(10)4(2-13)7(9)14-3/h2,4,7H,1H3,(H,11,12)/t4?,7-/m0/s1. The van der Waals surface area contributed by atoms with Gasteiger partial charge in [-0.2, -0.15) is 0 Å². The van der Waals surface area contributed by atoms with Crippen LogP contribution >= 0.6 is 24.0 Å². The topological polar surface area (TPSA) is 57.6 Å². The molecule has 1 fully saturated rings. The Bertz CT molecular complexity index is 377. The van der Waals surface area contributed by atoms with E-state index in [1.54, 1.807) is 6.92 Å². The van der Waals surface area contributed by atoms with Crippen LogP contribution in [0.1, 0.15) is 6.92 Å². The average molecular weight is 229 g/mol. The van der Waals surface area contributed by atoms with Crippen molar-refractivity contribution in [2.45, 2.75) is 12.3 Å². The van der Waals surface area contributed by atoms with Crippen molar-refractivity contribution in [1.29, 1.82) is 0 Å². The summed E-state index contributed by atoms with van der Waals surface area (Å²) in [4.78, 5) is 24.3. The maximum atomic E-state index is 11.5. The number of allylic oxidation sites excluding steroid dienone is 1. The molecule has 0 aromatic rings. The predicted molar refractivity (Wildman–Crippen MR) is 55.7 cm³/mol. The van der Waals surface area contributed by atoms with Gasteiger partial charge in [-0.3, -0.25) is 9.69 Å². The first kappa shape index (κ1) is 9.67. The monoisotopic (exact) mass is 229 g/mol. The summed E-state index contributed by atoms with van der Waals surface area (Å²) in [5, 5.41) is 10.2. The third-order valence-electron chi connectivity index (χ3n) is 2.31. The second kappa shape index (κ2) is 3.06. The summed E-state index contributed by atoms with van der Waals surface area (Å²) in [6.45, 7) is 1.71. The molecule has 0 radical (unpaired) electrons. The SMILES string of the molecule is CC1=C(C(=O)O)N2C(=O)C(C=S)[C@@H]2S1. The second-order valence-corrected chi connectivity index (χ2v) is 4.69. The molecule has 0 bridgehead atoms.